The Morgan fingerprint density at radius 1 is 1.07 bits per heavy atom. The van der Waals surface area contributed by atoms with Crippen molar-refractivity contribution < 1.29 is 4.74 Å². The van der Waals surface area contributed by atoms with Gasteiger partial charge in [0, 0.05) is 19.1 Å². The van der Waals surface area contributed by atoms with Gasteiger partial charge in [0.2, 0.25) is 0 Å². The van der Waals surface area contributed by atoms with Crippen LogP contribution in [-0.4, -0.2) is 37.4 Å². The molecule has 1 heterocycles. The summed E-state index contributed by atoms with van der Waals surface area (Å²) in [7, 11) is 0. The van der Waals surface area contributed by atoms with Crippen LogP contribution in [0.5, 0.6) is 0 Å². The van der Waals surface area contributed by atoms with E-state index >= 15 is 0 Å². The summed E-state index contributed by atoms with van der Waals surface area (Å²) in [6.07, 6.45) is 5.47. The number of nitrogens with zero attached hydrogens (tertiary/aromatic N) is 1. The van der Waals surface area contributed by atoms with Crippen molar-refractivity contribution in [1.82, 2.24) is 10.4 Å². The first-order valence-electron chi connectivity index (χ1n) is 5.93. The second-order valence-electron chi connectivity index (χ2n) is 4.69. The third-order valence-electron chi connectivity index (χ3n) is 3.39. The van der Waals surface area contributed by atoms with E-state index in [9.17, 15) is 0 Å². The van der Waals surface area contributed by atoms with Gasteiger partial charge in [0.1, 0.15) is 0 Å². The lowest BCUT2D eigenvalue weighted by Gasteiger charge is -2.34. The first-order valence-corrected chi connectivity index (χ1v) is 5.93. The van der Waals surface area contributed by atoms with Gasteiger partial charge in [-0.05, 0) is 31.6 Å². The lowest BCUT2D eigenvalue weighted by molar-refractivity contribution is -0.000830. The minimum atomic E-state index is 0.726. The number of ether oxygens (including phenoxy) is 1. The van der Waals surface area contributed by atoms with E-state index in [1.807, 2.05) is 0 Å². The average molecular weight is 198 g/mol. The summed E-state index contributed by atoms with van der Waals surface area (Å²) >= 11 is 0. The van der Waals surface area contributed by atoms with Gasteiger partial charge in [0.25, 0.3) is 0 Å². The van der Waals surface area contributed by atoms with Crippen molar-refractivity contribution in [3.05, 3.63) is 0 Å². The topological polar surface area (TPSA) is 24.5 Å². The predicted octanol–water partition coefficient (Wildman–Crippen LogP) is 1.40. The van der Waals surface area contributed by atoms with Crippen LogP contribution in [0, 0.1) is 5.92 Å². The summed E-state index contributed by atoms with van der Waals surface area (Å²) in [5, 5.41) is 2.34. The molecule has 0 aromatic heterocycles. The van der Waals surface area contributed by atoms with E-state index in [0.29, 0.717) is 0 Å². The molecule has 0 aromatic carbocycles. The predicted molar refractivity (Wildman–Crippen MR) is 56.9 cm³/mol. The highest BCUT2D eigenvalue weighted by Gasteiger charge is 2.20. The van der Waals surface area contributed by atoms with Crippen LogP contribution in [0.1, 0.15) is 32.6 Å². The Morgan fingerprint density at radius 2 is 1.71 bits per heavy atom. The smallest absolute Gasteiger partial charge is 0.0608 e. The van der Waals surface area contributed by atoms with E-state index in [0.717, 1.165) is 38.3 Å². The molecule has 1 saturated carbocycles. The maximum absolute atomic E-state index is 5.32. The number of hydrogen-bond donors (Lipinski definition) is 1. The van der Waals surface area contributed by atoms with Gasteiger partial charge in [-0.25, -0.2) is 5.01 Å². The van der Waals surface area contributed by atoms with Crippen molar-refractivity contribution in [2.75, 3.05) is 26.3 Å². The molecule has 3 nitrogen and oxygen atoms in total. The van der Waals surface area contributed by atoms with Crippen LogP contribution in [-0.2, 0) is 4.74 Å². The van der Waals surface area contributed by atoms with Gasteiger partial charge in [-0.15, -0.1) is 0 Å². The fraction of sp³-hybridized carbons (Fsp3) is 1.00. The molecule has 0 spiro atoms. The zero-order valence-electron chi connectivity index (χ0n) is 9.17. The largest absolute Gasteiger partial charge is 0.379 e. The molecule has 2 aliphatic rings. The SMILES string of the molecule is CC1CCC(NN2CCOCC2)CC1. The van der Waals surface area contributed by atoms with Crippen molar-refractivity contribution >= 4 is 0 Å². The molecule has 0 radical (unpaired) electrons. The van der Waals surface area contributed by atoms with Crippen molar-refractivity contribution in [3.8, 4) is 0 Å². The zero-order valence-corrected chi connectivity index (χ0v) is 9.17. The Labute approximate surface area is 86.8 Å². The summed E-state index contributed by atoms with van der Waals surface area (Å²) in [5.41, 5.74) is 3.63. The maximum Gasteiger partial charge on any atom is 0.0608 e. The number of nitrogens with one attached hydrogen (secondary N) is 1. The molecular formula is C11H22N2O. The number of rotatable bonds is 2. The Kier molecular flexibility index (Phi) is 3.79. The fourth-order valence-corrected chi connectivity index (χ4v) is 2.34. The quantitative estimate of drug-likeness (QED) is 0.726. The molecule has 3 heteroatoms. The molecule has 0 bridgehead atoms. The molecule has 2 rings (SSSR count). The van der Waals surface area contributed by atoms with Gasteiger partial charge in [0.05, 0.1) is 13.2 Å². The summed E-state index contributed by atoms with van der Waals surface area (Å²) in [6.45, 7) is 6.23. The zero-order chi connectivity index (χ0) is 9.80. The van der Waals surface area contributed by atoms with E-state index in [1.54, 1.807) is 0 Å². The highest BCUT2D eigenvalue weighted by Crippen LogP contribution is 2.23. The maximum atomic E-state index is 5.32. The molecule has 2 fully saturated rings. The molecule has 0 unspecified atom stereocenters. The summed E-state index contributed by atoms with van der Waals surface area (Å²) in [4.78, 5) is 0. The summed E-state index contributed by atoms with van der Waals surface area (Å²) < 4.78 is 5.32. The second-order valence-corrected chi connectivity index (χ2v) is 4.69. The second kappa shape index (κ2) is 5.10. The van der Waals surface area contributed by atoms with Crippen molar-refractivity contribution in [2.45, 2.75) is 38.6 Å². The Morgan fingerprint density at radius 3 is 2.36 bits per heavy atom. The van der Waals surface area contributed by atoms with Gasteiger partial charge < -0.3 is 4.74 Å². The molecule has 1 aliphatic heterocycles. The average Bonchev–Trinajstić information content (AvgIpc) is 2.23. The highest BCUT2D eigenvalue weighted by atomic mass is 16.5. The Hall–Kier alpha value is -0.120. The first kappa shape index (κ1) is 10.4. The minimum Gasteiger partial charge on any atom is -0.379 e. The lowest BCUT2D eigenvalue weighted by atomic mass is 9.88. The van der Waals surface area contributed by atoms with Crippen molar-refractivity contribution in [2.24, 2.45) is 5.92 Å². The number of hydrazine groups is 1. The number of morpholine rings is 1. The van der Waals surface area contributed by atoms with Crippen LogP contribution in [0.3, 0.4) is 0 Å². The van der Waals surface area contributed by atoms with Crippen LogP contribution in [0.15, 0.2) is 0 Å². The monoisotopic (exact) mass is 198 g/mol. The van der Waals surface area contributed by atoms with Crippen LogP contribution in [0.2, 0.25) is 0 Å². The van der Waals surface area contributed by atoms with Crippen LogP contribution < -0.4 is 5.43 Å². The van der Waals surface area contributed by atoms with E-state index < -0.39 is 0 Å². The summed E-state index contributed by atoms with van der Waals surface area (Å²) in [5.74, 6) is 0.942. The van der Waals surface area contributed by atoms with E-state index in [1.165, 1.54) is 25.7 Å². The van der Waals surface area contributed by atoms with Gasteiger partial charge in [-0.3, -0.25) is 5.43 Å². The molecule has 0 atom stereocenters. The van der Waals surface area contributed by atoms with E-state index in [4.69, 9.17) is 4.74 Å². The third kappa shape index (κ3) is 2.94. The third-order valence-corrected chi connectivity index (χ3v) is 3.39. The molecule has 82 valence electrons. The lowest BCUT2D eigenvalue weighted by Crippen LogP contribution is -2.50. The number of hydrogen-bond acceptors (Lipinski definition) is 3. The summed E-state index contributed by atoms with van der Waals surface area (Å²) in [6, 6.07) is 0.726. The molecule has 1 saturated heterocycles. The van der Waals surface area contributed by atoms with Crippen LogP contribution in [0.25, 0.3) is 0 Å². The first-order chi connectivity index (χ1) is 6.84. The molecule has 0 amide bonds. The molecular weight excluding hydrogens is 176 g/mol. The van der Waals surface area contributed by atoms with Crippen LogP contribution in [0.4, 0.5) is 0 Å². The standard InChI is InChI=1S/C11H22N2O/c1-10-2-4-11(5-3-10)12-13-6-8-14-9-7-13/h10-12H,2-9H2,1H3. The van der Waals surface area contributed by atoms with Crippen LogP contribution >= 0.6 is 0 Å². The van der Waals surface area contributed by atoms with Gasteiger partial charge >= 0.3 is 0 Å². The van der Waals surface area contributed by atoms with Gasteiger partial charge in [-0.1, -0.05) is 6.92 Å². The van der Waals surface area contributed by atoms with E-state index in [-0.39, 0.29) is 0 Å². The normalized spacial score (nSPS) is 35.8. The van der Waals surface area contributed by atoms with Crippen molar-refractivity contribution in [3.63, 3.8) is 0 Å². The fourth-order valence-electron chi connectivity index (χ4n) is 2.34. The molecule has 0 aromatic rings. The van der Waals surface area contributed by atoms with E-state index in [2.05, 4.69) is 17.4 Å². The Bertz CT molecular complexity index is 161. The molecule has 1 aliphatic carbocycles. The highest BCUT2D eigenvalue weighted by molar-refractivity contribution is 4.75. The van der Waals surface area contributed by atoms with Crippen molar-refractivity contribution in [1.29, 1.82) is 0 Å². The Balaban J connectivity index is 1.68. The molecule has 14 heavy (non-hydrogen) atoms. The minimum absolute atomic E-state index is 0.726. The molecule has 1 N–H and O–H groups in total. The van der Waals surface area contributed by atoms with Gasteiger partial charge in [0.15, 0.2) is 0 Å². The van der Waals surface area contributed by atoms with Gasteiger partial charge in [-0.2, -0.15) is 0 Å².